The number of hydrogen-bond acceptors (Lipinski definition) is 7. The molecule has 8 nitrogen and oxygen atoms in total. The molecule has 142 valence electrons. The first-order valence-corrected chi connectivity index (χ1v) is 8.92. The maximum Gasteiger partial charge on any atom is 0.325 e. The van der Waals surface area contributed by atoms with E-state index in [1.165, 1.54) is 11.3 Å². The van der Waals surface area contributed by atoms with E-state index in [4.69, 9.17) is 9.47 Å². The first-order valence-electron chi connectivity index (χ1n) is 8.04. The van der Waals surface area contributed by atoms with Gasteiger partial charge in [-0.3, -0.25) is 24.5 Å². The second-order valence-corrected chi connectivity index (χ2v) is 6.07. The number of benzene rings is 1. The molecule has 2 aromatic rings. The largest absolute Gasteiger partial charge is 0.493 e. The number of imide groups is 1. The average Bonchev–Trinajstić information content (AvgIpc) is 3.20. The third kappa shape index (κ3) is 6.23. The van der Waals surface area contributed by atoms with Gasteiger partial charge in [0.2, 0.25) is 0 Å². The van der Waals surface area contributed by atoms with Gasteiger partial charge in [-0.2, -0.15) is 0 Å². The maximum absolute atomic E-state index is 12.1. The van der Waals surface area contributed by atoms with E-state index in [-0.39, 0.29) is 5.56 Å². The number of ether oxygens (including phenoxy) is 2. The molecular formula is C18H18N2O6S. The van der Waals surface area contributed by atoms with Crippen LogP contribution in [0.15, 0.2) is 41.8 Å². The standard InChI is InChI=1S/C18H18N2O6S/c1-2-25-13-7-4-3-6-12(13)17(23)19-10-16(22)26-11-15(21)20-18(24)14-8-5-9-27-14/h3-9H,2,10-11H2,1H3,(H,19,23)(H,20,21,24). The van der Waals surface area contributed by atoms with Crippen LogP contribution in [0.2, 0.25) is 0 Å². The molecule has 3 amide bonds. The van der Waals surface area contributed by atoms with Crippen LogP contribution >= 0.6 is 11.3 Å². The highest BCUT2D eigenvalue weighted by Gasteiger charge is 2.15. The lowest BCUT2D eigenvalue weighted by atomic mass is 10.2. The quantitative estimate of drug-likeness (QED) is 0.659. The van der Waals surface area contributed by atoms with Crippen LogP contribution in [0.4, 0.5) is 0 Å². The monoisotopic (exact) mass is 390 g/mol. The molecule has 9 heteroatoms. The highest BCUT2D eigenvalue weighted by molar-refractivity contribution is 7.12. The molecule has 0 fully saturated rings. The van der Waals surface area contributed by atoms with Crippen LogP contribution in [0.3, 0.4) is 0 Å². The summed E-state index contributed by atoms with van der Waals surface area (Å²) < 4.78 is 10.1. The van der Waals surface area contributed by atoms with Crippen molar-refractivity contribution in [2.75, 3.05) is 19.8 Å². The van der Waals surface area contributed by atoms with Crippen molar-refractivity contribution in [1.82, 2.24) is 10.6 Å². The molecule has 0 atom stereocenters. The summed E-state index contributed by atoms with van der Waals surface area (Å²) >= 11 is 1.18. The number of rotatable bonds is 8. The van der Waals surface area contributed by atoms with E-state index in [1.54, 1.807) is 48.7 Å². The van der Waals surface area contributed by atoms with Gasteiger partial charge in [0, 0.05) is 0 Å². The molecule has 0 spiro atoms. The summed E-state index contributed by atoms with van der Waals surface area (Å²) in [4.78, 5) is 47.5. The Bertz CT molecular complexity index is 819. The molecule has 0 aliphatic carbocycles. The van der Waals surface area contributed by atoms with E-state index in [9.17, 15) is 19.2 Å². The molecule has 0 aliphatic rings. The summed E-state index contributed by atoms with van der Waals surface area (Å²) in [6.45, 7) is 1.14. The second-order valence-electron chi connectivity index (χ2n) is 5.13. The molecule has 27 heavy (non-hydrogen) atoms. The Morgan fingerprint density at radius 2 is 1.81 bits per heavy atom. The van der Waals surface area contributed by atoms with Crippen LogP contribution in [0.1, 0.15) is 27.0 Å². The summed E-state index contributed by atoms with van der Waals surface area (Å²) in [5, 5.41) is 6.20. The molecule has 0 bridgehead atoms. The first-order chi connectivity index (χ1) is 13.0. The van der Waals surface area contributed by atoms with Gasteiger partial charge in [-0.05, 0) is 30.5 Å². The van der Waals surface area contributed by atoms with E-state index < -0.39 is 36.8 Å². The lowest BCUT2D eigenvalue weighted by Crippen LogP contribution is -2.36. The minimum absolute atomic E-state index is 0.284. The SMILES string of the molecule is CCOc1ccccc1C(=O)NCC(=O)OCC(=O)NC(=O)c1cccs1. The van der Waals surface area contributed by atoms with E-state index in [1.807, 2.05) is 0 Å². The molecule has 1 aromatic carbocycles. The summed E-state index contributed by atoms with van der Waals surface area (Å²) in [6.07, 6.45) is 0. The Morgan fingerprint density at radius 3 is 2.52 bits per heavy atom. The highest BCUT2D eigenvalue weighted by Crippen LogP contribution is 2.17. The van der Waals surface area contributed by atoms with E-state index in [0.29, 0.717) is 17.2 Å². The highest BCUT2D eigenvalue weighted by atomic mass is 32.1. The Kier molecular flexibility index (Phi) is 7.50. The molecular weight excluding hydrogens is 372 g/mol. The number of esters is 1. The molecule has 0 unspecified atom stereocenters. The van der Waals surface area contributed by atoms with E-state index in [0.717, 1.165) is 0 Å². The van der Waals surface area contributed by atoms with Gasteiger partial charge in [0.15, 0.2) is 6.61 Å². The molecule has 2 N–H and O–H groups in total. The van der Waals surface area contributed by atoms with Crippen molar-refractivity contribution in [2.45, 2.75) is 6.92 Å². The zero-order chi connectivity index (χ0) is 19.6. The zero-order valence-electron chi connectivity index (χ0n) is 14.5. The van der Waals surface area contributed by atoms with Crippen LogP contribution < -0.4 is 15.4 Å². The minimum Gasteiger partial charge on any atom is -0.493 e. The van der Waals surface area contributed by atoms with Gasteiger partial charge < -0.3 is 14.8 Å². The smallest absolute Gasteiger partial charge is 0.325 e. The van der Waals surface area contributed by atoms with Gasteiger partial charge in [-0.1, -0.05) is 18.2 Å². The van der Waals surface area contributed by atoms with Gasteiger partial charge in [-0.15, -0.1) is 11.3 Å². The normalized spacial score (nSPS) is 9.96. The minimum atomic E-state index is -0.809. The van der Waals surface area contributed by atoms with Crippen LogP contribution in [-0.4, -0.2) is 43.4 Å². The van der Waals surface area contributed by atoms with Gasteiger partial charge in [0.05, 0.1) is 17.0 Å². The fourth-order valence-corrected chi connectivity index (χ4v) is 2.63. The van der Waals surface area contributed by atoms with Crippen LogP contribution in [0.25, 0.3) is 0 Å². The summed E-state index contributed by atoms with van der Waals surface area (Å²) in [5.41, 5.74) is 0.284. The van der Waals surface area contributed by atoms with Gasteiger partial charge in [-0.25, -0.2) is 0 Å². The van der Waals surface area contributed by atoms with Crippen molar-refractivity contribution in [3.8, 4) is 5.75 Å². The summed E-state index contributed by atoms with van der Waals surface area (Å²) in [5.74, 6) is -2.23. The number of carbonyl (C=O) groups is 4. The molecule has 0 saturated carbocycles. The second kappa shape index (κ2) is 10.1. The number of hydrogen-bond donors (Lipinski definition) is 2. The van der Waals surface area contributed by atoms with Crippen LogP contribution in [-0.2, 0) is 14.3 Å². The predicted octanol–water partition coefficient (Wildman–Crippen LogP) is 1.38. The summed E-state index contributed by atoms with van der Waals surface area (Å²) in [7, 11) is 0. The van der Waals surface area contributed by atoms with Gasteiger partial charge in [0.25, 0.3) is 17.7 Å². The number of nitrogens with one attached hydrogen (secondary N) is 2. The van der Waals surface area contributed by atoms with Crippen LogP contribution in [0.5, 0.6) is 5.75 Å². The lowest BCUT2D eigenvalue weighted by Gasteiger charge is -2.10. The number of thiophene rings is 1. The number of carbonyl (C=O) groups excluding carboxylic acids is 4. The zero-order valence-corrected chi connectivity index (χ0v) is 15.3. The van der Waals surface area contributed by atoms with Crippen molar-refractivity contribution in [3.05, 3.63) is 52.2 Å². The van der Waals surface area contributed by atoms with Crippen molar-refractivity contribution in [2.24, 2.45) is 0 Å². The van der Waals surface area contributed by atoms with Crippen molar-refractivity contribution >= 4 is 35.0 Å². The van der Waals surface area contributed by atoms with Gasteiger partial charge >= 0.3 is 5.97 Å². The Morgan fingerprint density at radius 1 is 1.04 bits per heavy atom. The van der Waals surface area contributed by atoms with Gasteiger partial charge in [0.1, 0.15) is 12.3 Å². The van der Waals surface area contributed by atoms with E-state index >= 15 is 0 Å². The summed E-state index contributed by atoms with van der Waals surface area (Å²) in [6, 6.07) is 9.85. The third-order valence-electron chi connectivity index (χ3n) is 3.19. The Labute approximate surface area is 159 Å². The molecule has 1 heterocycles. The third-order valence-corrected chi connectivity index (χ3v) is 4.06. The predicted molar refractivity (Wildman–Crippen MR) is 97.7 cm³/mol. The fraction of sp³-hybridized carbons (Fsp3) is 0.222. The lowest BCUT2D eigenvalue weighted by molar-refractivity contribution is -0.147. The average molecular weight is 390 g/mol. The number of para-hydroxylation sites is 1. The molecule has 2 rings (SSSR count). The fourth-order valence-electron chi connectivity index (χ4n) is 2.01. The van der Waals surface area contributed by atoms with Crippen LogP contribution in [0, 0.1) is 0 Å². The first kappa shape index (κ1) is 20.1. The van der Waals surface area contributed by atoms with Crippen molar-refractivity contribution in [1.29, 1.82) is 0 Å². The topological polar surface area (TPSA) is 111 Å². The molecule has 0 radical (unpaired) electrons. The molecule has 0 aliphatic heterocycles. The number of amides is 3. The Hall–Kier alpha value is -3.20. The molecule has 0 saturated heterocycles. The maximum atomic E-state index is 12.1. The van der Waals surface area contributed by atoms with Crippen molar-refractivity contribution in [3.63, 3.8) is 0 Å². The van der Waals surface area contributed by atoms with Crippen molar-refractivity contribution < 1.29 is 28.7 Å². The molecule has 1 aromatic heterocycles. The van der Waals surface area contributed by atoms with E-state index in [2.05, 4.69) is 10.6 Å². The Balaban J connectivity index is 1.75.